The van der Waals surface area contributed by atoms with Crippen molar-refractivity contribution in [1.82, 2.24) is 0 Å². The Morgan fingerprint density at radius 1 is 1.00 bits per heavy atom. The predicted octanol–water partition coefficient (Wildman–Crippen LogP) is 5.18. The van der Waals surface area contributed by atoms with E-state index in [0.29, 0.717) is 12.2 Å². The summed E-state index contributed by atoms with van der Waals surface area (Å²) >= 11 is 6.42. The van der Waals surface area contributed by atoms with Crippen molar-refractivity contribution in [2.45, 2.75) is 39.0 Å². The first-order valence-corrected chi connectivity index (χ1v) is 11.2. The monoisotopic (exact) mass is 634 g/mol. The standard InChI is InChI=1S/C13H17I3O3S/c1-2-3-4-5-6-7-20(17,18)19-13-11(15)8-10(14)9-12(13)16/h8-9H,2-7H2,1H3. The van der Waals surface area contributed by atoms with E-state index in [9.17, 15) is 8.42 Å². The molecule has 0 N–H and O–H groups in total. The van der Waals surface area contributed by atoms with Gasteiger partial charge in [-0.05, 0) is 86.3 Å². The van der Waals surface area contributed by atoms with Gasteiger partial charge in [0.25, 0.3) is 0 Å². The van der Waals surface area contributed by atoms with Crippen LogP contribution < -0.4 is 4.18 Å². The number of rotatable bonds is 8. The molecule has 0 aromatic heterocycles. The molecule has 1 rings (SSSR count). The van der Waals surface area contributed by atoms with Crippen molar-refractivity contribution >= 4 is 77.9 Å². The minimum atomic E-state index is -3.49. The van der Waals surface area contributed by atoms with Gasteiger partial charge in [-0.15, -0.1) is 0 Å². The van der Waals surface area contributed by atoms with Gasteiger partial charge in [-0.25, -0.2) is 0 Å². The first-order valence-electron chi connectivity index (χ1n) is 6.42. The summed E-state index contributed by atoms with van der Waals surface area (Å²) in [6.07, 6.45) is 5.01. The number of hydrogen-bond donors (Lipinski definition) is 0. The van der Waals surface area contributed by atoms with Gasteiger partial charge in [-0.1, -0.05) is 32.6 Å². The molecule has 0 aliphatic rings. The summed E-state index contributed by atoms with van der Waals surface area (Å²) in [5.74, 6) is 0.551. The smallest absolute Gasteiger partial charge is 0.309 e. The second-order valence-electron chi connectivity index (χ2n) is 4.46. The van der Waals surface area contributed by atoms with E-state index in [1.165, 1.54) is 0 Å². The highest BCUT2D eigenvalue weighted by Gasteiger charge is 2.17. The van der Waals surface area contributed by atoms with Crippen LogP contribution in [-0.2, 0) is 10.1 Å². The first-order chi connectivity index (χ1) is 9.35. The van der Waals surface area contributed by atoms with Crippen molar-refractivity contribution in [1.29, 1.82) is 0 Å². The fourth-order valence-electron chi connectivity index (χ4n) is 1.66. The average Bonchev–Trinajstić information content (AvgIpc) is 2.33. The fourth-order valence-corrected chi connectivity index (χ4v) is 6.84. The average molecular weight is 634 g/mol. The molecule has 0 saturated carbocycles. The minimum absolute atomic E-state index is 0.0921. The highest BCUT2D eigenvalue weighted by molar-refractivity contribution is 14.1. The topological polar surface area (TPSA) is 43.4 Å². The Morgan fingerprint density at radius 2 is 1.55 bits per heavy atom. The second kappa shape index (κ2) is 9.33. The maximum atomic E-state index is 12.0. The molecule has 0 unspecified atom stereocenters. The van der Waals surface area contributed by atoms with E-state index >= 15 is 0 Å². The highest BCUT2D eigenvalue weighted by Crippen LogP contribution is 2.30. The third kappa shape index (κ3) is 6.95. The van der Waals surface area contributed by atoms with Crippen LogP contribution in [0.4, 0.5) is 0 Å². The van der Waals surface area contributed by atoms with Crippen LogP contribution in [-0.4, -0.2) is 14.2 Å². The Kier molecular flexibility index (Phi) is 8.96. The summed E-state index contributed by atoms with van der Waals surface area (Å²) < 4.78 is 32.0. The molecule has 20 heavy (non-hydrogen) atoms. The van der Waals surface area contributed by atoms with Crippen molar-refractivity contribution in [3.05, 3.63) is 22.8 Å². The van der Waals surface area contributed by atoms with Crippen molar-refractivity contribution in [2.75, 3.05) is 5.75 Å². The van der Waals surface area contributed by atoms with Crippen molar-refractivity contribution in [3.63, 3.8) is 0 Å². The lowest BCUT2D eigenvalue weighted by atomic mass is 10.2. The molecule has 0 heterocycles. The summed E-state index contributed by atoms with van der Waals surface area (Å²) in [4.78, 5) is 0. The molecule has 0 fully saturated rings. The Balaban J connectivity index is 2.63. The third-order valence-electron chi connectivity index (χ3n) is 2.67. The van der Waals surface area contributed by atoms with Crippen LogP contribution in [0.5, 0.6) is 5.75 Å². The molecule has 0 aliphatic carbocycles. The third-order valence-corrected chi connectivity index (χ3v) is 6.11. The maximum absolute atomic E-state index is 12.0. The Hall–Kier alpha value is 1.16. The molecule has 0 amide bonds. The van der Waals surface area contributed by atoms with Gasteiger partial charge >= 0.3 is 10.1 Å². The van der Waals surface area contributed by atoms with E-state index in [-0.39, 0.29) is 5.75 Å². The summed E-state index contributed by atoms with van der Waals surface area (Å²) in [6, 6.07) is 3.82. The molecule has 114 valence electrons. The fraction of sp³-hybridized carbons (Fsp3) is 0.538. The zero-order chi connectivity index (χ0) is 15.2. The molecular weight excluding hydrogens is 617 g/mol. The number of halogens is 3. The van der Waals surface area contributed by atoms with Gasteiger partial charge in [0.1, 0.15) is 0 Å². The molecule has 0 bridgehead atoms. The molecule has 1 aromatic rings. The zero-order valence-corrected chi connectivity index (χ0v) is 18.5. The molecule has 0 saturated heterocycles. The van der Waals surface area contributed by atoms with Crippen molar-refractivity contribution in [2.24, 2.45) is 0 Å². The van der Waals surface area contributed by atoms with Gasteiger partial charge < -0.3 is 4.18 Å². The zero-order valence-electron chi connectivity index (χ0n) is 11.2. The Bertz CT molecular complexity index is 521. The summed E-state index contributed by atoms with van der Waals surface area (Å²) in [5.41, 5.74) is 0. The van der Waals surface area contributed by atoms with E-state index in [0.717, 1.165) is 36.4 Å². The lowest BCUT2D eigenvalue weighted by molar-refractivity contribution is 0.478. The van der Waals surface area contributed by atoms with E-state index in [1.807, 2.05) is 12.1 Å². The number of benzene rings is 1. The quantitative estimate of drug-likeness (QED) is 0.225. The molecular formula is C13H17I3O3S. The van der Waals surface area contributed by atoms with Gasteiger partial charge in [-0.2, -0.15) is 8.42 Å². The van der Waals surface area contributed by atoms with E-state index < -0.39 is 10.1 Å². The highest BCUT2D eigenvalue weighted by atomic mass is 127. The van der Waals surface area contributed by atoms with E-state index in [1.54, 1.807) is 0 Å². The molecule has 7 heteroatoms. The molecule has 0 aliphatic heterocycles. The van der Waals surface area contributed by atoms with E-state index in [2.05, 4.69) is 74.7 Å². The lowest BCUT2D eigenvalue weighted by Gasteiger charge is -2.11. The van der Waals surface area contributed by atoms with Crippen LogP contribution in [0.2, 0.25) is 0 Å². The van der Waals surface area contributed by atoms with Crippen LogP contribution in [0.1, 0.15) is 39.0 Å². The Morgan fingerprint density at radius 3 is 2.10 bits per heavy atom. The number of unbranched alkanes of at least 4 members (excludes halogenated alkanes) is 4. The molecule has 0 radical (unpaired) electrons. The van der Waals surface area contributed by atoms with Gasteiger partial charge in [0.05, 0.1) is 12.9 Å². The number of hydrogen-bond acceptors (Lipinski definition) is 3. The maximum Gasteiger partial charge on any atom is 0.309 e. The SMILES string of the molecule is CCCCCCCS(=O)(=O)Oc1c(I)cc(I)cc1I. The predicted molar refractivity (Wildman–Crippen MR) is 108 cm³/mol. The molecule has 0 spiro atoms. The first kappa shape index (κ1) is 19.2. The van der Waals surface area contributed by atoms with Crippen LogP contribution in [0.25, 0.3) is 0 Å². The van der Waals surface area contributed by atoms with Gasteiger partial charge in [0.15, 0.2) is 5.75 Å². The minimum Gasteiger partial charge on any atom is -0.380 e. The van der Waals surface area contributed by atoms with Gasteiger partial charge in [0.2, 0.25) is 0 Å². The van der Waals surface area contributed by atoms with Crippen molar-refractivity contribution in [3.8, 4) is 5.75 Å². The molecule has 0 atom stereocenters. The van der Waals surface area contributed by atoms with Gasteiger partial charge in [0, 0.05) is 3.57 Å². The normalized spacial score (nSPS) is 11.6. The largest absolute Gasteiger partial charge is 0.380 e. The Labute approximate surface area is 162 Å². The summed E-state index contributed by atoms with van der Waals surface area (Å²) in [5, 5.41) is 0. The van der Waals surface area contributed by atoms with Crippen LogP contribution in [0.15, 0.2) is 12.1 Å². The molecule has 1 aromatic carbocycles. The van der Waals surface area contributed by atoms with E-state index in [4.69, 9.17) is 4.18 Å². The molecule has 3 nitrogen and oxygen atoms in total. The van der Waals surface area contributed by atoms with Crippen LogP contribution in [0, 0.1) is 10.7 Å². The summed E-state index contributed by atoms with van der Waals surface area (Å²) in [7, 11) is -3.49. The second-order valence-corrected chi connectivity index (χ2v) is 9.72. The lowest BCUT2D eigenvalue weighted by Crippen LogP contribution is -2.15. The van der Waals surface area contributed by atoms with Crippen molar-refractivity contribution < 1.29 is 12.6 Å². The van der Waals surface area contributed by atoms with Crippen LogP contribution in [0.3, 0.4) is 0 Å². The van der Waals surface area contributed by atoms with Gasteiger partial charge in [-0.3, -0.25) is 0 Å². The summed E-state index contributed by atoms with van der Waals surface area (Å²) in [6.45, 7) is 2.14. The van der Waals surface area contributed by atoms with Crippen LogP contribution >= 0.6 is 67.8 Å².